The van der Waals surface area contributed by atoms with Crippen LogP contribution in [0.4, 0.5) is 0 Å². The van der Waals surface area contributed by atoms with Gasteiger partial charge in [0.2, 0.25) is 0 Å². The van der Waals surface area contributed by atoms with Gasteiger partial charge in [-0.2, -0.15) is 0 Å². The number of aliphatic hydroxyl groups is 2. The van der Waals surface area contributed by atoms with Gasteiger partial charge in [0, 0.05) is 19.2 Å². The number of nitrogens with one attached hydrogen (secondary N) is 1. The van der Waals surface area contributed by atoms with Crippen LogP contribution in [0.3, 0.4) is 0 Å². The van der Waals surface area contributed by atoms with Crippen LogP contribution in [0, 0.1) is 11.8 Å². The van der Waals surface area contributed by atoms with Crippen LogP contribution in [0.1, 0.15) is 58.3 Å². The predicted molar refractivity (Wildman–Crippen MR) is 84.2 cm³/mol. The molecule has 0 aromatic heterocycles. The fraction of sp³-hybridized carbons (Fsp3) is 1.00. The zero-order valence-electron chi connectivity index (χ0n) is 13.5. The highest BCUT2D eigenvalue weighted by molar-refractivity contribution is 4.81. The van der Waals surface area contributed by atoms with Crippen molar-refractivity contribution in [3.05, 3.63) is 0 Å². The standard InChI is InChI=1S/C17H33NO3/c1-13-6-8-16(9-7-13)21-12-15(20)10-18-17-5-3-2-4-14(17)11-19/h13-20H,2-12H2,1H3. The molecule has 3 unspecified atom stereocenters. The second kappa shape index (κ2) is 9.09. The van der Waals surface area contributed by atoms with Crippen molar-refractivity contribution in [1.82, 2.24) is 5.32 Å². The molecule has 0 saturated heterocycles. The first-order valence-corrected chi connectivity index (χ1v) is 8.83. The van der Waals surface area contributed by atoms with Crippen molar-refractivity contribution in [2.45, 2.75) is 76.5 Å². The molecule has 3 N–H and O–H groups in total. The Morgan fingerprint density at radius 3 is 2.52 bits per heavy atom. The summed E-state index contributed by atoms with van der Waals surface area (Å²) in [5.41, 5.74) is 0. The third-order valence-electron chi connectivity index (χ3n) is 5.25. The second-order valence-corrected chi connectivity index (χ2v) is 7.11. The molecule has 2 aliphatic rings. The molecule has 21 heavy (non-hydrogen) atoms. The van der Waals surface area contributed by atoms with Gasteiger partial charge in [0.25, 0.3) is 0 Å². The zero-order chi connectivity index (χ0) is 15.1. The van der Waals surface area contributed by atoms with Crippen LogP contribution >= 0.6 is 0 Å². The van der Waals surface area contributed by atoms with Crippen LogP contribution in [-0.2, 0) is 4.74 Å². The van der Waals surface area contributed by atoms with Crippen molar-refractivity contribution in [3.63, 3.8) is 0 Å². The Morgan fingerprint density at radius 1 is 1.10 bits per heavy atom. The third kappa shape index (κ3) is 5.85. The van der Waals surface area contributed by atoms with E-state index in [1.807, 2.05) is 0 Å². The summed E-state index contributed by atoms with van der Waals surface area (Å²) in [5.74, 6) is 1.19. The summed E-state index contributed by atoms with van der Waals surface area (Å²) in [6.45, 7) is 3.56. The Morgan fingerprint density at radius 2 is 1.81 bits per heavy atom. The van der Waals surface area contributed by atoms with Gasteiger partial charge in [-0.05, 0) is 50.4 Å². The Bertz CT molecular complexity index is 279. The lowest BCUT2D eigenvalue weighted by atomic mass is 9.85. The second-order valence-electron chi connectivity index (χ2n) is 7.11. The zero-order valence-corrected chi connectivity index (χ0v) is 13.5. The quantitative estimate of drug-likeness (QED) is 0.673. The first kappa shape index (κ1) is 17.2. The summed E-state index contributed by atoms with van der Waals surface area (Å²) >= 11 is 0. The molecule has 4 nitrogen and oxygen atoms in total. The fourth-order valence-corrected chi connectivity index (χ4v) is 3.68. The lowest BCUT2D eigenvalue weighted by molar-refractivity contribution is -0.0294. The van der Waals surface area contributed by atoms with Gasteiger partial charge in [-0.1, -0.05) is 19.8 Å². The van der Waals surface area contributed by atoms with Gasteiger partial charge >= 0.3 is 0 Å². The molecule has 2 rings (SSSR count). The number of hydrogen-bond acceptors (Lipinski definition) is 4. The first-order valence-electron chi connectivity index (χ1n) is 8.83. The van der Waals surface area contributed by atoms with Crippen molar-refractivity contribution >= 4 is 0 Å². The smallest absolute Gasteiger partial charge is 0.0897 e. The molecule has 2 fully saturated rings. The van der Waals surface area contributed by atoms with Crippen molar-refractivity contribution in [2.24, 2.45) is 11.8 Å². The Labute approximate surface area is 129 Å². The molecule has 2 aliphatic carbocycles. The maximum absolute atomic E-state index is 10.1. The van der Waals surface area contributed by atoms with Gasteiger partial charge in [-0.25, -0.2) is 0 Å². The van der Waals surface area contributed by atoms with E-state index in [1.54, 1.807) is 0 Å². The van der Waals surface area contributed by atoms with Crippen molar-refractivity contribution < 1.29 is 14.9 Å². The normalized spacial score (nSPS) is 35.6. The van der Waals surface area contributed by atoms with E-state index in [1.165, 1.54) is 25.7 Å². The Hall–Kier alpha value is -0.160. The highest BCUT2D eigenvalue weighted by atomic mass is 16.5. The fourth-order valence-electron chi connectivity index (χ4n) is 3.68. The molecule has 4 heteroatoms. The van der Waals surface area contributed by atoms with Gasteiger partial charge in [-0.15, -0.1) is 0 Å². The molecule has 0 aromatic rings. The molecule has 0 bridgehead atoms. The maximum atomic E-state index is 10.1. The highest BCUT2D eigenvalue weighted by Gasteiger charge is 2.25. The van der Waals surface area contributed by atoms with Crippen LogP contribution in [0.25, 0.3) is 0 Å². The van der Waals surface area contributed by atoms with E-state index in [0.717, 1.165) is 31.6 Å². The topological polar surface area (TPSA) is 61.7 Å². The van der Waals surface area contributed by atoms with E-state index < -0.39 is 6.10 Å². The van der Waals surface area contributed by atoms with E-state index in [-0.39, 0.29) is 6.61 Å². The van der Waals surface area contributed by atoms with Crippen LogP contribution < -0.4 is 5.32 Å². The highest BCUT2D eigenvalue weighted by Crippen LogP contribution is 2.26. The molecule has 0 amide bonds. The van der Waals surface area contributed by atoms with E-state index in [4.69, 9.17) is 4.74 Å². The van der Waals surface area contributed by atoms with Crippen LogP contribution in [0.2, 0.25) is 0 Å². The SMILES string of the molecule is CC1CCC(OCC(O)CNC2CCCCC2CO)CC1. The van der Waals surface area contributed by atoms with E-state index in [2.05, 4.69) is 12.2 Å². The predicted octanol–water partition coefficient (Wildman–Crippen LogP) is 2.08. The summed E-state index contributed by atoms with van der Waals surface area (Å²) in [7, 11) is 0. The molecule has 124 valence electrons. The van der Waals surface area contributed by atoms with Crippen molar-refractivity contribution in [1.29, 1.82) is 0 Å². The van der Waals surface area contributed by atoms with Gasteiger partial charge in [0.15, 0.2) is 0 Å². The summed E-state index contributed by atoms with van der Waals surface area (Å²) in [6.07, 6.45) is 9.32. The Kier molecular flexibility index (Phi) is 7.44. The number of hydrogen-bond donors (Lipinski definition) is 3. The van der Waals surface area contributed by atoms with E-state index in [9.17, 15) is 10.2 Å². The van der Waals surface area contributed by atoms with Crippen LogP contribution in [0.5, 0.6) is 0 Å². The molecule has 0 heterocycles. The summed E-state index contributed by atoms with van der Waals surface area (Å²) < 4.78 is 5.85. The maximum Gasteiger partial charge on any atom is 0.0897 e. The summed E-state index contributed by atoms with van der Waals surface area (Å²) in [5, 5.41) is 22.9. The number of aliphatic hydroxyl groups excluding tert-OH is 2. The third-order valence-corrected chi connectivity index (χ3v) is 5.25. The van der Waals surface area contributed by atoms with Gasteiger partial charge in [0.05, 0.1) is 18.8 Å². The minimum Gasteiger partial charge on any atom is -0.396 e. The number of ether oxygens (including phenoxy) is 1. The molecule has 0 aliphatic heterocycles. The lowest BCUT2D eigenvalue weighted by Gasteiger charge is -2.32. The van der Waals surface area contributed by atoms with Crippen LogP contribution in [-0.4, -0.2) is 48.2 Å². The molecule has 0 aromatic carbocycles. The minimum absolute atomic E-state index is 0.254. The average molecular weight is 299 g/mol. The lowest BCUT2D eigenvalue weighted by Crippen LogP contribution is -2.44. The molecular weight excluding hydrogens is 266 g/mol. The van der Waals surface area contributed by atoms with Crippen LogP contribution in [0.15, 0.2) is 0 Å². The van der Waals surface area contributed by atoms with E-state index >= 15 is 0 Å². The van der Waals surface area contributed by atoms with E-state index in [0.29, 0.717) is 31.2 Å². The van der Waals surface area contributed by atoms with Gasteiger partial charge in [-0.3, -0.25) is 0 Å². The summed E-state index contributed by atoms with van der Waals surface area (Å²) in [4.78, 5) is 0. The molecule has 0 spiro atoms. The van der Waals surface area contributed by atoms with Gasteiger partial charge < -0.3 is 20.3 Å². The Balaban J connectivity index is 1.59. The largest absolute Gasteiger partial charge is 0.396 e. The molecule has 0 radical (unpaired) electrons. The molecule has 2 saturated carbocycles. The number of rotatable bonds is 7. The minimum atomic E-state index is -0.439. The van der Waals surface area contributed by atoms with Crippen molar-refractivity contribution in [2.75, 3.05) is 19.8 Å². The van der Waals surface area contributed by atoms with Gasteiger partial charge in [0.1, 0.15) is 0 Å². The average Bonchev–Trinajstić information content (AvgIpc) is 2.52. The van der Waals surface area contributed by atoms with Crippen molar-refractivity contribution in [3.8, 4) is 0 Å². The first-order chi connectivity index (χ1) is 10.2. The molecular formula is C17H33NO3. The summed E-state index contributed by atoms with van der Waals surface area (Å²) in [6, 6.07) is 0.355. The monoisotopic (exact) mass is 299 g/mol. The molecule has 3 atom stereocenters.